The van der Waals surface area contributed by atoms with Crippen molar-refractivity contribution in [2.75, 3.05) is 26.7 Å². The molecule has 5 heteroatoms. The van der Waals surface area contributed by atoms with Crippen molar-refractivity contribution >= 4 is 6.09 Å². The lowest BCUT2D eigenvalue weighted by Crippen LogP contribution is -2.38. The van der Waals surface area contributed by atoms with Crippen LogP contribution >= 0.6 is 0 Å². The Hall–Kier alpha value is -1.75. The van der Waals surface area contributed by atoms with E-state index in [0.717, 1.165) is 25.1 Å². The lowest BCUT2D eigenvalue weighted by Gasteiger charge is -2.26. The van der Waals surface area contributed by atoms with Crippen LogP contribution in [0.3, 0.4) is 0 Å². The number of ether oxygens (including phenoxy) is 2. The third kappa shape index (κ3) is 8.25. The van der Waals surface area contributed by atoms with Crippen molar-refractivity contribution in [2.45, 2.75) is 59.1 Å². The average Bonchev–Trinajstić information content (AvgIpc) is 2.53. The molecule has 5 nitrogen and oxygen atoms in total. The predicted molar refractivity (Wildman–Crippen MR) is 102 cm³/mol. The van der Waals surface area contributed by atoms with Gasteiger partial charge in [-0.25, -0.2) is 4.79 Å². The molecular weight excluding hydrogens is 316 g/mol. The molecule has 0 aliphatic carbocycles. The summed E-state index contributed by atoms with van der Waals surface area (Å²) >= 11 is 0. The van der Waals surface area contributed by atoms with Gasteiger partial charge in [0.15, 0.2) is 0 Å². The molecule has 0 heterocycles. The zero-order chi connectivity index (χ0) is 18.9. The molecule has 0 saturated heterocycles. The Morgan fingerprint density at radius 2 is 1.96 bits per heavy atom. The monoisotopic (exact) mass is 350 g/mol. The second-order valence-corrected chi connectivity index (χ2v) is 7.28. The van der Waals surface area contributed by atoms with Crippen LogP contribution in [-0.4, -0.2) is 49.4 Å². The summed E-state index contributed by atoms with van der Waals surface area (Å²) in [5.41, 5.74) is 0.750. The van der Waals surface area contributed by atoms with Gasteiger partial charge in [-0.05, 0) is 65.6 Å². The minimum atomic E-state index is -0.452. The van der Waals surface area contributed by atoms with Gasteiger partial charge in [0.05, 0.1) is 7.11 Å². The number of methoxy groups -OCH3 is 1. The first-order valence-electron chi connectivity index (χ1n) is 9.10. The highest BCUT2D eigenvalue weighted by atomic mass is 16.6. The molecule has 1 aromatic carbocycles. The van der Waals surface area contributed by atoms with Gasteiger partial charge in [-0.3, -0.25) is 0 Å². The summed E-state index contributed by atoms with van der Waals surface area (Å²) in [4.78, 5) is 13.8. The van der Waals surface area contributed by atoms with Gasteiger partial charge in [0.2, 0.25) is 0 Å². The standard InChI is InChI=1S/C20H34N2O3/c1-7-22(19(23)25-20(3,4)5)14-10-13-21-16(2)15-17-11-8-9-12-18(17)24-6/h8-9,11-12,16,21H,7,10,13-15H2,1-6H3. The summed E-state index contributed by atoms with van der Waals surface area (Å²) in [6.07, 6.45) is 1.56. The number of benzene rings is 1. The molecule has 0 spiro atoms. The van der Waals surface area contributed by atoms with E-state index in [1.165, 1.54) is 5.56 Å². The van der Waals surface area contributed by atoms with Crippen LogP contribution < -0.4 is 10.1 Å². The van der Waals surface area contributed by atoms with E-state index in [2.05, 4.69) is 18.3 Å². The maximum atomic E-state index is 12.1. The van der Waals surface area contributed by atoms with Crippen LogP contribution in [0.1, 0.15) is 46.6 Å². The second-order valence-electron chi connectivity index (χ2n) is 7.28. The predicted octanol–water partition coefficient (Wildman–Crippen LogP) is 3.86. The summed E-state index contributed by atoms with van der Waals surface area (Å²) in [5.74, 6) is 0.929. The molecule has 0 radical (unpaired) electrons. The number of carbonyl (C=O) groups is 1. The Labute approximate surface area is 152 Å². The number of hydrogen-bond donors (Lipinski definition) is 1. The number of carbonyl (C=O) groups excluding carboxylic acids is 1. The Kier molecular flexibility index (Phi) is 8.76. The van der Waals surface area contributed by atoms with E-state index in [0.29, 0.717) is 19.1 Å². The van der Waals surface area contributed by atoms with E-state index < -0.39 is 5.60 Å². The van der Waals surface area contributed by atoms with Gasteiger partial charge in [0, 0.05) is 19.1 Å². The SMILES string of the molecule is CCN(CCCNC(C)Cc1ccccc1OC)C(=O)OC(C)(C)C. The summed E-state index contributed by atoms with van der Waals surface area (Å²) in [6.45, 7) is 12.0. The molecule has 0 bridgehead atoms. The van der Waals surface area contributed by atoms with Gasteiger partial charge in [0.1, 0.15) is 11.4 Å². The Morgan fingerprint density at radius 1 is 1.28 bits per heavy atom. The zero-order valence-electron chi connectivity index (χ0n) is 16.6. The maximum absolute atomic E-state index is 12.1. The van der Waals surface area contributed by atoms with E-state index in [1.54, 1.807) is 12.0 Å². The molecule has 0 aromatic heterocycles. The molecule has 142 valence electrons. The Morgan fingerprint density at radius 3 is 2.56 bits per heavy atom. The molecular formula is C20H34N2O3. The molecule has 1 aromatic rings. The van der Waals surface area contributed by atoms with Crippen molar-refractivity contribution in [3.63, 3.8) is 0 Å². The molecule has 0 aliphatic rings. The number of amides is 1. The highest BCUT2D eigenvalue weighted by Crippen LogP contribution is 2.18. The van der Waals surface area contributed by atoms with Crippen molar-refractivity contribution in [3.05, 3.63) is 29.8 Å². The first-order valence-corrected chi connectivity index (χ1v) is 9.10. The highest BCUT2D eigenvalue weighted by molar-refractivity contribution is 5.68. The lowest BCUT2D eigenvalue weighted by atomic mass is 10.1. The van der Waals surface area contributed by atoms with Crippen LogP contribution in [0.4, 0.5) is 4.79 Å². The van der Waals surface area contributed by atoms with Gasteiger partial charge < -0.3 is 19.7 Å². The first kappa shape index (κ1) is 21.3. The number of hydrogen-bond acceptors (Lipinski definition) is 4. The smallest absolute Gasteiger partial charge is 0.410 e. The van der Waals surface area contributed by atoms with Gasteiger partial charge in [-0.15, -0.1) is 0 Å². The molecule has 0 fully saturated rings. The summed E-state index contributed by atoms with van der Waals surface area (Å²) < 4.78 is 10.8. The van der Waals surface area contributed by atoms with Crippen LogP contribution in [0.5, 0.6) is 5.75 Å². The molecule has 1 N–H and O–H groups in total. The minimum absolute atomic E-state index is 0.239. The normalized spacial score (nSPS) is 12.6. The van der Waals surface area contributed by atoms with Crippen LogP contribution in [0.15, 0.2) is 24.3 Å². The molecule has 1 atom stereocenters. The van der Waals surface area contributed by atoms with E-state index in [-0.39, 0.29) is 6.09 Å². The quantitative estimate of drug-likeness (QED) is 0.687. The molecule has 1 rings (SSSR count). The van der Waals surface area contributed by atoms with Gasteiger partial charge >= 0.3 is 6.09 Å². The van der Waals surface area contributed by atoms with Gasteiger partial charge in [0.25, 0.3) is 0 Å². The van der Waals surface area contributed by atoms with Crippen LogP contribution in [0.25, 0.3) is 0 Å². The topological polar surface area (TPSA) is 50.8 Å². The highest BCUT2D eigenvalue weighted by Gasteiger charge is 2.20. The molecule has 0 saturated carbocycles. The zero-order valence-corrected chi connectivity index (χ0v) is 16.6. The van der Waals surface area contributed by atoms with Crippen LogP contribution in [0.2, 0.25) is 0 Å². The fourth-order valence-corrected chi connectivity index (χ4v) is 2.60. The number of rotatable bonds is 9. The van der Waals surface area contributed by atoms with E-state index in [4.69, 9.17) is 9.47 Å². The number of para-hydroxylation sites is 1. The molecule has 25 heavy (non-hydrogen) atoms. The summed E-state index contributed by atoms with van der Waals surface area (Å²) in [6, 6.07) is 8.44. The summed E-state index contributed by atoms with van der Waals surface area (Å²) in [7, 11) is 1.70. The van der Waals surface area contributed by atoms with E-state index in [9.17, 15) is 4.79 Å². The van der Waals surface area contributed by atoms with Crippen molar-refractivity contribution in [2.24, 2.45) is 0 Å². The Balaban J connectivity index is 2.35. The third-order valence-corrected chi connectivity index (χ3v) is 3.85. The fraction of sp³-hybridized carbons (Fsp3) is 0.650. The minimum Gasteiger partial charge on any atom is -0.496 e. The van der Waals surface area contributed by atoms with E-state index in [1.807, 2.05) is 45.9 Å². The average molecular weight is 351 g/mol. The van der Waals surface area contributed by atoms with Crippen molar-refractivity contribution in [1.82, 2.24) is 10.2 Å². The second kappa shape index (κ2) is 10.3. The third-order valence-electron chi connectivity index (χ3n) is 3.85. The van der Waals surface area contributed by atoms with Gasteiger partial charge in [-0.2, -0.15) is 0 Å². The largest absolute Gasteiger partial charge is 0.496 e. The van der Waals surface area contributed by atoms with Crippen molar-refractivity contribution in [1.29, 1.82) is 0 Å². The maximum Gasteiger partial charge on any atom is 0.410 e. The molecule has 1 unspecified atom stereocenters. The number of nitrogens with one attached hydrogen (secondary N) is 1. The first-order chi connectivity index (χ1) is 11.8. The van der Waals surface area contributed by atoms with E-state index >= 15 is 0 Å². The van der Waals surface area contributed by atoms with Gasteiger partial charge in [-0.1, -0.05) is 18.2 Å². The summed E-state index contributed by atoms with van der Waals surface area (Å²) in [5, 5.41) is 3.51. The Bertz CT molecular complexity index is 526. The van der Waals surface area contributed by atoms with Crippen LogP contribution in [-0.2, 0) is 11.2 Å². The molecule has 1 amide bonds. The number of nitrogens with zero attached hydrogens (tertiary/aromatic N) is 1. The van der Waals surface area contributed by atoms with Crippen LogP contribution in [0, 0.1) is 0 Å². The molecule has 0 aliphatic heterocycles. The van der Waals surface area contributed by atoms with Crippen molar-refractivity contribution in [3.8, 4) is 5.75 Å². The fourth-order valence-electron chi connectivity index (χ4n) is 2.60. The van der Waals surface area contributed by atoms with Crippen molar-refractivity contribution < 1.29 is 14.3 Å². The lowest BCUT2D eigenvalue weighted by molar-refractivity contribution is 0.0258.